The monoisotopic (exact) mass is 530 g/mol. The first kappa shape index (κ1) is 25.2. The lowest BCUT2D eigenvalue weighted by Gasteiger charge is -2.32. The zero-order valence-corrected chi connectivity index (χ0v) is 22.0. The minimum absolute atomic E-state index is 0. The number of morpholine rings is 1. The van der Waals surface area contributed by atoms with E-state index in [-0.39, 0.29) is 7.47 Å². The molecule has 2 aliphatic heterocycles. The van der Waals surface area contributed by atoms with Gasteiger partial charge in [-0.1, -0.05) is 6.07 Å². The molecule has 0 bridgehead atoms. The molecular weight excluding hydrogens is 496 g/mol. The average molecular weight is 531 g/mol. The number of hydrogen-bond donors (Lipinski definition) is 1. The van der Waals surface area contributed by atoms with Gasteiger partial charge in [-0.3, -0.25) is 15.2 Å². The number of rotatable bonds is 6. The number of nitrogens with zero attached hydrogens (tertiary/aromatic N) is 7. The minimum Gasteiger partial charge on any atom is -0.453 e. The van der Waals surface area contributed by atoms with Crippen LogP contribution in [0.5, 0.6) is 0 Å². The number of ether oxygens (including phenoxy) is 2. The van der Waals surface area contributed by atoms with Crippen LogP contribution in [0.3, 0.4) is 0 Å². The molecule has 2 aliphatic rings. The van der Waals surface area contributed by atoms with Crippen LogP contribution in [0.2, 0.25) is 0 Å². The summed E-state index contributed by atoms with van der Waals surface area (Å²) in [5.74, 6) is 1.51. The average Bonchev–Trinajstić information content (AvgIpc) is 3.42. The Balaban J connectivity index is 0.00000323. The van der Waals surface area contributed by atoms with Crippen molar-refractivity contribution in [2.75, 3.05) is 56.7 Å². The predicted octanol–water partition coefficient (Wildman–Crippen LogP) is 3.99. The Hall–Kier alpha value is -4.09. The fourth-order valence-corrected chi connectivity index (χ4v) is 5.27. The number of methoxy groups -OCH3 is 1. The summed E-state index contributed by atoms with van der Waals surface area (Å²) in [4.78, 5) is 30.6. The van der Waals surface area contributed by atoms with Crippen LogP contribution < -0.4 is 10.2 Å². The topological polar surface area (TPSA) is 111 Å². The van der Waals surface area contributed by atoms with Crippen molar-refractivity contribution in [1.29, 1.82) is 0 Å². The molecule has 5 heterocycles. The van der Waals surface area contributed by atoms with Gasteiger partial charge in [0.05, 0.1) is 37.9 Å². The summed E-state index contributed by atoms with van der Waals surface area (Å²) in [7, 11) is 1.34. The van der Waals surface area contributed by atoms with E-state index < -0.39 is 6.09 Å². The van der Waals surface area contributed by atoms with E-state index >= 15 is 0 Å². The Labute approximate surface area is 228 Å². The van der Waals surface area contributed by atoms with Gasteiger partial charge in [0.25, 0.3) is 0 Å². The van der Waals surface area contributed by atoms with E-state index in [0.717, 1.165) is 68.0 Å². The molecule has 204 valence electrons. The van der Waals surface area contributed by atoms with Crippen molar-refractivity contribution in [3.05, 3.63) is 60.6 Å². The van der Waals surface area contributed by atoms with Gasteiger partial charge in [0, 0.05) is 57.8 Å². The number of likely N-dealkylation sites (tertiary alicyclic amines) is 1. The zero-order valence-electron chi connectivity index (χ0n) is 22.0. The Bertz CT molecular complexity index is 1420. The summed E-state index contributed by atoms with van der Waals surface area (Å²) >= 11 is 0. The number of pyridine rings is 1. The summed E-state index contributed by atoms with van der Waals surface area (Å²) in [5, 5.41) is 8.49. The summed E-state index contributed by atoms with van der Waals surface area (Å²) < 4.78 is 12.4. The molecular formula is C28H34N8O3. The molecule has 0 spiro atoms. The smallest absolute Gasteiger partial charge is 0.411 e. The third-order valence-electron chi connectivity index (χ3n) is 7.35. The molecule has 2 saturated heterocycles. The number of nitrogens with one attached hydrogen (secondary N) is 1. The Kier molecular flexibility index (Phi) is 7.33. The Morgan fingerprint density at radius 1 is 1.08 bits per heavy atom. The van der Waals surface area contributed by atoms with E-state index in [9.17, 15) is 4.79 Å². The van der Waals surface area contributed by atoms with Crippen molar-refractivity contribution in [2.24, 2.45) is 0 Å². The maximum Gasteiger partial charge on any atom is 0.411 e. The van der Waals surface area contributed by atoms with Crippen molar-refractivity contribution >= 4 is 28.6 Å². The second-order valence-corrected chi connectivity index (χ2v) is 9.86. The summed E-state index contributed by atoms with van der Waals surface area (Å²) in [6, 6.07) is 11.8. The number of benzene rings is 1. The van der Waals surface area contributed by atoms with E-state index in [2.05, 4.69) is 30.8 Å². The van der Waals surface area contributed by atoms with Crippen molar-refractivity contribution in [3.63, 3.8) is 0 Å². The molecule has 1 aromatic carbocycles. The maximum atomic E-state index is 11.6. The second kappa shape index (κ2) is 11.3. The van der Waals surface area contributed by atoms with Crippen LogP contribution in [0.25, 0.3) is 22.4 Å². The van der Waals surface area contributed by atoms with Crippen LogP contribution in [0.4, 0.5) is 16.3 Å². The van der Waals surface area contributed by atoms with Crippen LogP contribution in [-0.2, 0) is 16.0 Å². The molecule has 2 fully saturated rings. The molecule has 1 N–H and O–H groups in total. The maximum absolute atomic E-state index is 11.6. The lowest BCUT2D eigenvalue weighted by Crippen LogP contribution is -2.37. The van der Waals surface area contributed by atoms with Gasteiger partial charge in [-0.25, -0.2) is 19.4 Å². The molecule has 11 heteroatoms. The second-order valence-electron chi connectivity index (χ2n) is 9.86. The Morgan fingerprint density at radius 3 is 2.59 bits per heavy atom. The highest BCUT2D eigenvalue weighted by atomic mass is 16.5. The number of anilines is 2. The summed E-state index contributed by atoms with van der Waals surface area (Å²) in [5.41, 5.74) is 3.59. The quantitative estimate of drug-likeness (QED) is 0.396. The van der Waals surface area contributed by atoms with Crippen molar-refractivity contribution < 1.29 is 15.7 Å². The van der Waals surface area contributed by atoms with Gasteiger partial charge in [-0.15, -0.1) is 0 Å². The SMILES string of the molecule is COC(=O)Nc1ccc(-c2nc(N3CCOCC3)c3cnn(C4CCN(Cc5cccnc5)CC4)c3n2)cc1.[HH]. The predicted molar refractivity (Wildman–Crippen MR) is 150 cm³/mol. The third-order valence-corrected chi connectivity index (χ3v) is 7.35. The molecule has 3 aromatic heterocycles. The van der Waals surface area contributed by atoms with Crippen molar-refractivity contribution in [1.82, 2.24) is 29.6 Å². The van der Waals surface area contributed by atoms with Gasteiger partial charge < -0.3 is 14.4 Å². The van der Waals surface area contributed by atoms with Gasteiger partial charge in [0.2, 0.25) is 0 Å². The summed E-state index contributed by atoms with van der Waals surface area (Å²) in [6.45, 7) is 5.76. The van der Waals surface area contributed by atoms with Gasteiger partial charge >= 0.3 is 6.09 Å². The molecule has 0 radical (unpaired) electrons. The summed E-state index contributed by atoms with van der Waals surface area (Å²) in [6.07, 6.45) is 7.15. The first-order valence-corrected chi connectivity index (χ1v) is 13.3. The van der Waals surface area contributed by atoms with Gasteiger partial charge in [0.1, 0.15) is 5.82 Å². The van der Waals surface area contributed by atoms with Crippen LogP contribution >= 0.6 is 0 Å². The number of carbonyl (C=O) groups is 1. The van der Waals surface area contributed by atoms with Crippen LogP contribution in [0.1, 0.15) is 25.9 Å². The van der Waals surface area contributed by atoms with E-state index in [0.29, 0.717) is 24.7 Å². The molecule has 1 amide bonds. The van der Waals surface area contributed by atoms with E-state index in [1.807, 2.05) is 48.9 Å². The zero-order chi connectivity index (χ0) is 26.6. The first-order chi connectivity index (χ1) is 19.2. The molecule has 0 saturated carbocycles. The number of piperidine rings is 1. The highest BCUT2D eigenvalue weighted by molar-refractivity contribution is 5.89. The largest absolute Gasteiger partial charge is 0.453 e. The molecule has 39 heavy (non-hydrogen) atoms. The normalized spacial score (nSPS) is 16.9. The molecule has 11 nitrogen and oxygen atoms in total. The van der Waals surface area contributed by atoms with Crippen molar-refractivity contribution in [3.8, 4) is 11.4 Å². The number of hydrogen-bond acceptors (Lipinski definition) is 9. The number of aromatic nitrogens is 5. The molecule has 0 aliphatic carbocycles. The minimum atomic E-state index is -0.509. The standard InChI is InChI=1S/C28H32N8O3.H2/c1-38-28(37)31-22-6-4-21(5-7-22)25-32-26(35-13-15-39-16-14-35)24-18-30-36(27(24)33-25)23-8-11-34(12-9-23)19-20-3-2-10-29-17-20;/h2-7,10,17-18,23H,8-9,11-16,19H2,1H3,(H,31,37);1H. The number of amides is 1. The highest BCUT2D eigenvalue weighted by Crippen LogP contribution is 2.32. The number of fused-ring (bicyclic) bond motifs is 1. The highest BCUT2D eigenvalue weighted by Gasteiger charge is 2.26. The van der Waals surface area contributed by atoms with Crippen LogP contribution in [0, 0.1) is 0 Å². The van der Waals surface area contributed by atoms with Gasteiger partial charge in [0.15, 0.2) is 11.5 Å². The van der Waals surface area contributed by atoms with E-state index in [4.69, 9.17) is 24.5 Å². The van der Waals surface area contributed by atoms with Crippen molar-refractivity contribution in [2.45, 2.75) is 25.4 Å². The number of carbonyl (C=O) groups excluding carboxylic acids is 1. The molecule has 6 rings (SSSR count). The molecule has 4 aromatic rings. The Morgan fingerprint density at radius 2 is 1.87 bits per heavy atom. The van der Waals surface area contributed by atoms with E-state index in [1.54, 1.807) is 0 Å². The molecule has 0 unspecified atom stereocenters. The van der Waals surface area contributed by atoms with E-state index in [1.165, 1.54) is 12.7 Å². The third kappa shape index (κ3) is 5.55. The fourth-order valence-electron chi connectivity index (χ4n) is 5.27. The van der Waals surface area contributed by atoms with Crippen LogP contribution in [0.15, 0.2) is 55.0 Å². The van der Waals surface area contributed by atoms with Crippen LogP contribution in [-0.4, -0.2) is 82.2 Å². The molecule has 0 atom stereocenters. The fraction of sp³-hybridized carbons (Fsp3) is 0.393. The lowest BCUT2D eigenvalue weighted by molar-refractivity contribution is 0.122. The van der Waals surface area contributed by atoms with Gasteiger partial charge in [-0.2, -0.15) is 5.10 Å². The van der Waals surface area contributed by atoms with Gasteiger partial charge in [-0.05, 0) is 48.7 Å². The lowest BCUT2D eigenvalue weighted by atomic mass is 10.0. The first-order valence-electron chi connectivity index (χ1n) is 13.3.